The molecule has 0 aromatic carbocycles. The zero-order chi connectivity index (χ0) is 17.6. The van der Waals surface area contributed by atoms with Crippen LogP contribution in [0.3, 0.4) is 0 Å². The first-order valence-electron chi connectivity index (χ1n) is 8.41. The fourth-order valence-corrected chi connectivity index (χ4v) is 3.68. The first-order chi connectivity index (χ1) is 12.0. The number of aromatic nitrogens is 2. The van der Waals surface area contributed by atoms with Gasteiger partial charge in [-0.2, -0.15) is 5.26 Å². The molecular formula is C18H18N4O3. The maximum absolute atomic E-state index is 12.3. The highest BCUT2D eigenvalue weighted by Crippen LogP contribution is 2.54. The van der Waals surface area contributed by atoms with Crippen molar-refractivity contribution in [3.05, 3.63) is 28.2 Å². The van der Waals surface area contributed by atoms with Crippen molar-refractivity contribution in [2.24, 2.45) is 5.41 Å². The summed E-state index contributed by atoms with van der Waals surface area (Å²) in [6.45, 7) is 2.94. The van der Waals surface area contributed by atoms with Gasteiger partial charge in [0, 0.05) is 31.5 Å². The van der Waals surface area contributed by atoms with Gasteiger partial charge in [0.15, 0.2) is 0 Å². The van der Waals surface area contributed by atoms with Gasteiger partial charge in [0.2, 0.25) is 5.88 Å². The smallest absolute Gasteiger partial charge is 0.309 e. The highest BCUT2D eigenvalue weighted by molar-refractivity contribution is 5.95. The summed E-state index contributed by atoms with van der Waals surface area (Å²) in [5.41, 5.74) is 1.32. The Morgan fingerprint density at radius 3 is 2.68 bits per heavy atom. The molecule has 1 saturated carbocycles. The monoisotopic (exact) mass is 338 g/mol. The van der Waals surface area contributed by atoms with E-state index >= 15 is 0 Å². The summed E-state index contributed by atoms with van der Waals surface area (Å²) in [7, 11) is 0. The molecule has 1 aliphatic heterocycles. The van der Waals surface area contributed by atoms with Crippen molar-refractivity contribution in [3.8, 4) is 11.9 Å². The minimum absolute atomic E-state index is 0.0965. The molecule has 3 heterocycles. The van der Waals surface area contributed by atoms with Crippen molar-refractivity contribution in [3.63, 3.8) is 0 Å². The SMILES string of the molecule is CC(=O)Oc1cc2c(N3CCC4(CC3)CC4)c(C#N)c(=O)[nH]c2cn1. The van der Waals surface area contributed by atoms with Gasteiger partial charge >= 0.3 is 5.97 Å². The average Bonchev–Trinajstić information content (AvgIpc) is 3.33. The number of nitrogens with one attached hydrogen (secondary N) is 1. The molecule has 7 heteroatoms. The van der Waals surface area contributed by atoms with E-state index in [4.69, 9.17) is 4.74 Å². The fourth-order valence-electron chi connectivity index (χ4n) is 3.68. The summed E-state index contributed by atoms with van der Waals surface area (Å²) in [6, 6.07) is 3.65. The molecule has 7 nitrogen and oxygen atoms in total. The third kappa shape index (κ3) is 2.74. The summed E-state index contributed by atoms with van der Waals surface area (Å²) in [6.07, 6.45) is 6.18. The van der Waals surface area contributed by atoms with Crippen molar-refractivity contribution < 1.29 is 9.53 Å². The Hall–Kier alpha value is -2.88. The van der Waals surface area contributed by atoms with Gasteiger partial charge in [-0.15, -0.1) is 0 Å². The van der Waals surface area contributed by atoms with Gasteiger partial charge in [-0.25, -0.2) is 4.98 Å². The van der Waals surface area contributed by atoms with E-state index in [0.717, 1.165) is 25.9 Å². The molecule has 0 bridgehead atoms. The Morgan fingerprint density at radius 1 is 1.36 bits per heavy atom. The topological polar surface area (TPSA) is 99.1 Å². The van der Waals surface area contributed by atoms with Gasteiger partial charge in [0.05, 0.1) is 17.4 Å². The molecule has 1 N–H and O–H groups in total. The van der Waals surface area contributed by atoms with Gasteiger partial charge in [-0.1, -0.05) is 0 Å². The molecule has 2 aliphatic rings. The Labute approximate surface area is 144 Å². The molecule has 0 radical (unpaired) electrons. The molecule has 1 saturated heterocycles. The number of piperidine rings is 1. The molecule has 25 heavy (non-hydrogen) atoms. The lowest BCUT2D eigenvalue weighted by Crippen LogP contribution is -2.36. The first kappa shape index (κ1) is 15.6. The summed E-state index contributed by atoms with van der Waals surface area (Å²) < 4.78 is 5.07. The number of carbonyl (C=O) groups excluding carboxylic acids is 1. The van der Waals surface area contributed by atoms with E-state index in [9.17, 15) is 14.9 Å². The molecule has 128 valence electrons. The highest BCUT2D eigenvalue weighted by Gasteiger charge is 2.44. The van der Waals surface area contributed by atoms with Gasteiger partial charge in [-0.3, -0.25) is 9.59 Å². The van der Waals surface area contributed by atoms with Crippen molar-refractivity contribution >= 4 is 22.6 Å². The summed E-state index contributed by atoms with van der Waals surface area (Å²) in [5, 5.41) is 10.2. The number of nitriles is 1. The van der Waals surface area contributed by atoms with Crippen LogP contribution in [0.25, 0.3) is 10.9 Å². The molecule has 0 atom stereocenters. The maximum Gasteiger partial charge on any atom is 0.309 e. The number of H-pyrrole nitrogens is 1. The Morgan fingerprint density at radius 2 is 2.08 bits per heavy atom. The standard InChI is InChI=1S/C18H18N4O3/c1-11(23)25-15-8-12-14(10-20-15)21-17(24)13(9-19)16(12)22-6-4-18(2-3-18)5-7-22/h8,10H,2-7H2,1H3,(H,21,24). The third-order valence-electron chi connectivity index (χ3n) is 5.30. The Balaban J connectivity index is 1.84. The second-order valence-corrected chi connectivity index (χ2v) is 6.94. The lowest BCUT2D eigenvalue weighted by Gasteiger charge is -2.34. The molecule has 0 unspecified atom stereocenters. The first-order valence-corrected chi connectivity index (χ1v) is 8.41. The number of anilines is 1. The number of hydrogen-bond acceptors (Lipinski definition) is 6. The van der Waals surface area contributed by atoms with Crippen LogP contribution < -0.4 is 15.2 Å². The van der Waals surface area contributed by atoms with Crippen LogP contribution in [0.4, 0.5) is 5.69 Å². The zero-order valence-electron chi connectivity index (χ0n) is 14.0. The summed E-state index contributed by atoms with van der Waals surface area (Å²) >= 11 is 0. The van der Waals surface area contributed by atoms with Gasteiger partial charge in [0.25, 0.3) is 5.56 Å². The van der Waals surface area contributed by atoms with Crippen LogP contribution in [0.1, 0.15) is 38.2 Å². The summed E-state index contributed by atoms with van der Waals surface area (Å²) in [5.74, 6) is -0.306. The van der Waals surface area contributed by atoms with Crippen molar-refractivity contribution in [1.29, 1.82) is 5.26 Å². The lowest BCUT2D eigenvalue weighted by molar-refractivity contribution is -0.132. The Bertz CT molecular complexity index is 959. The van der Waals surface area contributed by atoms with Crippen LogP contribution in [0.2, 0.25) is 0 Å². The second kappa shape index (κ2) is 5.59. The second-order valence-electron chi connectivity index (χ2n) is 6.94. The number of pyridine rings is 2. The normalized spacial score (nSPS) is 18.2. The highest BCUT2D eigenvalue weighted by atomic mass is 16.5. The predicted octanol–water partition coefficient (Wildman–Crippen LogP) is 2.10. The molecule has 1 spiro atoms. The van der Waals surface area contributed by atoms with Crippen LogP contribution in [0.5, 0.6) is 5.88 Å². The van der Waals surface area contributed by atoms with Gasteiger partial charge in [-0.05, 0) is 31.1 Å². The number of hydrogen-bond donors (Lipinski definition) is 1. The number of rotatable bonds is 2. The minimum atomic E-state index is -0.466. The molecule has 2 fully saturated rings. The fraction of sp³-hybridized carbons (Fsp3) is 0.444. The van der Waals surface area contributed by atoms with E-state index in [2.05, 4.69) is 14.9 Å². The number of nitrogens with zero attached hydrogens (tertiary/aromatic N) is 3. The minimum Gasteiger partial charge on any atom is -0.408 e. The Kier molecular flexibility index (Phi) is 3.49. The molecule has 0 amide bonds. The van der Waals surface area contributed by atoms with E-state index in [-0.39, 0.29) is 11.4 Å². The van der Waals surface area contributed by atoms with E-state index in [1.165, 1.54) is 26.0 Å². The molecule has 2 aromatic heterocycles. The van der Waals surface area contributed by atoms with Crippen molar-refractivity contribution in [2.45, 2.75) is 32.6 Å². The average molecular weight is 338 g/mol. The van der Waals surface area contributed by atoms with E-state index < -0.39 is 11.5 Å². The number of aromatic amines is 1. The largest absolute Gasteiger partial charge is 0.408 e. The van der Waals surface area contributed by atoms with Gasteiger partial charge in [0.1, 0.15) is 11.6 Å². The van der Waals surface area contributed by atoms with Crippen LogP contribution in [-0.4, -0.2) is 29.0 Å². The third-order valence-corrected chi connectivity index (χ3v) is 5.30. The van der Waals surface area contributed by atoms with Crippen LogP contribution >= 0.6 is 0 Å². The van der Waals surface area contributed by atoms with E-state index in [1.54, 1.807) is 6.07 Å². The van der Waals surface area contributed by atoms with Crippen LogP contribution in [-0.2, 0) is 4.79 Å². The quantitative estimate of drug-likeness (QED) is 0.842. The molecule has 1 aliphatic carbocycles. The molecular weight excluding hydrogens is 320 g/mol. The number of carbonyl (C=O) groups is 1. The zero-order valence-corrected chi connectivity index (χ0v) is 14.0. The van der Waals surface area contributed by atoms with Crippen molar-refractivity contribution in [1.82, 2.24) is 9.97 Å². The molecule has 4 rings (SSSR count). The van der Waals surface area contributed by atoms with Crippen LogP contribution in [0.15, 0.2) is 17.1 Å². The number of ether oxygens (including phenoxy) is 1. The number of fused-ring (bicyclic) bond motifs is 1. The molecule has 2 aromatic rings. The van der Waals surface area contributed by atoms with E-state index in [0.29, 0.717) is 22.0 Å². The summed E-state index contributed by atoms with van der Waals surface area (Å²) in [4.78, 5) is 32.4. The number of esters is 1. The maximum atomic E-state index is 12.3. The van der Waals surface area contributed by atoms with Gasteiger partial charge < -0.3 is 14.6 Å². The van der Waals surface area contributed by atoms with Crippen LogP contribution in [0, 0.1) is 16.7 Å². The van der Waals surface area contributed by atoms with E-state index in [1.807, 2.05) is 6.07 Å². The predicted molar refractivity (Wildman–Crippen MR) is 91.5 cm³/mol. The lowest BCUT2D eigenvalue weighted by atomic mass is 9.92. The van der Waals surface area contributed by atoms with Crippen molar-refractivity contribution in [2.75, 3.05) is 18.0 Å².